The Bertz CT molecular complexity index is 223. The average molecular weight is 181 g/mol. The molecule has 1 rings (SSSR count). The van der Waals surface area contributed by atoms with Crippen LogP contribution in [0.4, 0.5) is 0 Å². The molecule has 1 aliphatic rings. The van der Waals surface area contributed by atoms with Gasteiger partial charge in [0.2, 0.25) is 0 Å². The molecule has 0 saturated carbocycles. The third-order valence-electron chi connectivity index (χ3n) is 3.24. The SMILES string of the molecule is CC1=CC(C)(C)CC(N)CC1(C)C. The van der Waals surface area contributed by atoms with Crippen molar-refractivity contribution in [2.75, 3.05) is 0 Å². The molecule has 1 unspecified atom stereocenters. The predicted molar refractivity (Wildman–Crippen MR) is 58.5 cm³/mol. The van der Waals surface area contributed by atoms with Gasteiger partial charge in [-0.05, 0) is 30.6 Å². The van der Waals surface area contributed by atoms with Crippen molar-refractivity contribution in [2.45, 2.75) is 53.5 Å². The summed E-state index contributed by atoms with van der Waals surface area (Å²) in [6.45, 7) is 11.4. The van der Waals surface area contributed by atoms with E-state index < -0.39 is 0 Å². The summed E-state index contributed by atoms with van der Waals surface area (Å²) in [5.41, 5.74) is 8.17. The van der Waals surface area contributed by atoms with Crippen molar-refractivity contribution in [1.29, 1.82) is 0 Å². The van der Waals surface area contributed by atoms with E-state index >= 15 is 0 Å². The van der Waals surface area contributed by atoms with E-state index in [4.69, 9.17) is 5.73 Å². The maximum atomic E-state index is 6.11. The second-order valence-corrected chi connectivity index (χ2v) is 5.87. The van der Waals surface area contributed by atoms with Crippen molar-refractivity contribution in [3.05, 3.63) is 11.6 Å². The number of nitrogens with two attached hydrogens (primary N) is 1. The molecule has 0 fully saturated rings. The van der Waals surface area contributed by atoms with Crippen molar-refractivity contribution in [2.24, 2.45) is 16.6 Å². The average Bonchev–Trinajstić information content (AvgIpc) is 1.85. The summed E-state index contributed by atoms with van der Waals surface area (Å²) in [5, 5.41) is 0. The largest absolute Gasteiger partial charge is 0.328 e. The molecule has 0 heterocycles. The first-order chi connectivity index (χ1) is 5.73. The van der Waals surface area contributed by atoms with E-state index in [1.807, 2.05) is 0 Å². The Labute approximate surface area is 82.4 Å². The summed E-state index contributed by atoms with van der Waals surface area (Å²) in [6.07, 6.45) is 4.62. The molecule has 13 heavy (non-hydrogen) atoms. The van der Waals surface area contributed by atoms with Crippen molar-refractivity contribution < 1.29 is 0 Å². The Morgan fingerprint density at radius 1 is 1.23 bits per heavy atom. The van der Waals surface area contributed by atoms with Crippen LogP contribution in [0.1, 0.15) is 47.5 Å². The first kappa shape index (κ1) is 10.8. The maximum absolute atomic E-state index is 6.11. The fourth-order valence-electron chi connectivity index (χ4n) is 2.40. The highest BCUT2D eigenvalue weighted by Crippen LogP contribution is 2.40. The summed E-state index contributed by atoms with van der Waals surface area (Å²) in [7, 11) is 0. The lowest BCUT2D eigenvalue weighted by Crippen LogP contribution is -2.29. The molecule has 76 valence electrons. The number of hydrogen-bond donors (Lipinski definition) is 1. The van der Waals surface area contributed by atoms with Gasteiger partial charge in [-0.3, -0.25) is 0 Å². The fourth-order valence-corrected chi connectivity index (χ4v) is 2.40. The lowest BCUT2D eigenvalue weighted by Gasteiger charge is -2.26. The lowest BCUT2D eigenvalue weighted by atomic mass is 9.80. The van der Waals surface area contributed by atoms with E-state index in [0.717, 1.165) is 12.8 Å². The summed E-state index contributed by atoms with van der Waals surface area (Å²) in [4.78, 5) is 0. The summed E-state index contributed by atoms with van der Waals surface area (Å²) < 4.78 is 0. The molecule has 0 spiro atoms. The van der Waals surface area contributed by atoms with Gasteiger partial charge in [0.05, 0.1) is 0 Å². The molecule has 2 N–H and O–H groups in total. The molecule has 0 aromatic carbocycles. The predicted octanol–water partition coefficient (Wildman–Crippen LogP) is 3.11. The van der Waals surface area contributed by atoms with Crippen LogP contribution in [0.3, 0.4) is 0 Å². The van der Waals surface area contributed by atoms with Gasteiger partial charge < -0.3 is 5.73 Å². The highest BCUT2D eigenvalue weighted by atomic mass is 14.7. The summed E-state index contributed by atoms with van der Waals surface area (Å²) in [5.74, 6) is 0. The third-order valence-corrected chi connectivity index (χ3v) is 3.24. The zero-order valence-electron chi connectivity index (χ0n) is 9.65. The van der Waals surface area contributed by atoms with E-state index in [-0.39, 0.29) is 10.8 Å². The number of hydrogen-bond acceptors (Lipinski definition) is 1. The lowest BCUT2D eigenvalue weighted by molar-refractivity contribution is 0.333. The minimum Gasteiger partial charge on any atom is -0.328 e. The van der Waals surface area contributed by atoms with Crippen molar-refractivity contribution in [1.82, 2.24) is 0 Å². The van der Waals surface area contributed by atoms with Crippen LogP contribution >= 0.6 is 0 Å². The molecule has 0 radical (unpaired) electrons. The van der Waals surface area contributed by atoms with Crippen molar-refractivity contribution in [3.63, 3.8) is 0 Å². The first-order valence-corrected chi connectivity index (χ1v) is 5.18. The molecule has 0 aromatic heterocycles. The highest BCUT2D eigenvalue weighted by molar-refractivity contribution is 5.16. The first-order valence-electron chi connectivity index (χ1n) is 5.18. The van der Waals surface area contributed by atoms with Gasteiger partial charge in [-0.2, -0.15) is 0 Å². The second kappa shape index (κ2) is 3.13. The van der Waals surface area contributed by atoms with Gasteiger partial charge in [-0.1, -0.05) is 39.3 Å². The second-order valence-electron chi connectivity index (χ2n) is 5.87. The normalized spacial score (nSPS) is 32.2. The molecule has 0 aromatic rings. The summed E-state index contributed by atoms with van der Waals surface area (Å²) in [6, 6.07) is 0.346. The van der Waals surface area contributed by atoms with Crippen LogP contribution < -0.4 is 5.73 Å². The number of allylic oxidation sites excluding steroid dienone is 2. The van der Waals surface area contributed by atoms with Crippen LogP contribution in [0, 0.1) is 10.8 Å². The molecule has 0 saturated heterocycles. The van der Waals surface area contributed by atoms with Crippen LogP contribution in [-0.4, -0.2) is 6.04 Å². The minimum absolute atomic E-state index is 0.275. The van der Waals surface area contributed by atoms with E-state index in [9.17, 15) is 0 Å². The molecule has 1 aliphatic carbocycles. The van der Waals surface area contributed by atoms with Gasteiger partial charge in [0.25, 0.3) is 0 Å². The Hall–Kier alpha value is -0.300. The molecule has 0 aliphatic heterocycles. The Morgan fingerprint density at radius 3 is 2.31 bits per heavy atom. The topological polar surface area (TPSA) is 26.0 Å². The molecule has 1 atom stereocenters. The highest BCUT2D eigenvalue weighted by Gasteiger charge is 2.31. The van der Waals surface area contributed by atoms with Gasteiger partial charge >= 0.3 is 0 Å². The zero-order valence-corrected chi connectivity index (χ0v) is 9.65. The van der Waals surface area contributed by atoms with Crippen LogP contribution in [0.15, 0.2) is 11.6 Å². The minimum atomic E-state index is 0.275. The molecular formula is C12H23N. The third kappa shape index (κ3) is 2.57. The molecular weight excluding hydrogens is 158 g/mol. The Balaban J connectivity index is 2.99. The maximum Gasteiger partial charge on any atom is 0.00550 e. The van der Waals surface area contributed by atoms with Gasteiger partial charge in [-0.25, -0.2) is 0 Å². The van der Waals surface area contributed by atoms with Crippen molar-refractivity contribution >= 4 is 0 Å². The van der Waals surface area contributed by atoms with Gasteiger partial charge in [-0.15, -0.1) is 0 Å². The van der Waals surface area contributed by atoms with Crippen LogP contribution in [0.5, 0.6) is 0 Å². The standard InChI is InChI=1S/C12H23N/c1-9-6-11(2,3)7-10(13)8-12(9,4)5/h6,10H,7-8,13H2,1-5H3. The van der Waals surface area contributed by atoms with Crippen LogP contribution in [0.25, 0.3) is 0 Å². The Kier molecular flexibility index (Phi) is 2.59. The van der Waals surface area contributed by atoms with E-state index in [2.05, 4.69) is 40.7 Å². The molecule has 1 heteroatoms. The van der Waals surface area contributed by atoms with E-state index in [1.54, 1.807) is 0 Å². The van der Waals surface area contributed by atoms with Crippen molar-refractivity contribution in [3.8, 4) is 0 Å². The monoisotopic (exact) mass is 181 g/mol. The molecule has 0 bridgehead atoms. The molecule has 1 nitrogen and oxygen atoms in total. The van der Waals surface area contributed by atoms with Gasteiger partial charge in [0.15, 0.2) is 0 Å². The van der Waals surface area contributed by atoms with E-state index in [1.165, 1.54) is 5.57 Å². The molecule has 0 amide bonds. The smallest absolute Gasteiger partial charge is 0.00550 e. The summed E-state index contributed by atoms with van der Waals surface area (Å²) >= 11 is 0. The van der Waals surface area contributed by atoms with Crippen LogP contribution in [0.2, 0.25) is 0 Å². The van der Waals surface area contributed by atoms with Gasteiger partial charge in [0, 0.05) is 6.04 Å². The zero-order chi connectivity index (χ0) is 10.3. The van der Waals surface area contributed by atoms with Crippen LogP contribution in [-0.2, 0) is 0 Å². The number of rotatable bonds is 0. The van der Waals surface area contributed by atoms with Gasteiger partial charge in [0.1, 0.15) is 0 Å². The Morgan fingerprint density at radius 2 is 1.77 bits per heavy atom. The quantitative estimate of drug-likeness (QED) is 0.571. The fraction of sp³-hybridized carbons (Fsp3) is 0.833. The van der Waals surface area contributed by atoms with E-state index in [0.29, 0.717) is 6.04 Å².